The molecule has 8 nitrogen and oxygen atoms in total. The summed E-state index contributed by atoms with van der Waals surface area (Å²) in [6.45, 7) is 7.48. The van der Waals surface area contributed by atoms with E-state index in [1.54, 1.807) is 13.0 Å². The van der Waals surface area contributed by atoms with Gasteiger partial charge in [-0.1, -0.05) is 0 Å². The van der Waals surface area contributed by atoms with Crippen molar-refractivity contribution in [3.8, 4) is 0 Å². The number of aromatic amines is 1. The van der Waals surface area contributed by atoms with Gasteiger partial charge < -0.3 is 9.64 Å². The van der Waals surface area contributed by atoms with E-state index in [4.69, 9.17) is 4.74 Å². The number of piperazine rings is 1. The normalized spacial score (nSPS) is 15.1. The standard InChI is InChI=1S/C20H23FN6O2/c1-3-29-20(28)16-11-22-17-5-4-14(21)10-15(17)19(16)27-8-6-26(7-9-27)12-18-23-13(2)24-25-18/h4-5,10-11H,3,6-9,12H2,1-2H3,(H,23,24,25). The maximum atomic E-state index is 14.0. The first-order valence-electron chi connectivity index (χ1n) is 9.65. The first-order chi connectivity index (χ1) is 14.0. The number of carbonyl (C=O) groups is 1. The van der Waals surface area contributed by atoms with E-state index in [1.165, 1.54) is 18.3 Å². The lowest BCUT2D eigenvalue weighted by Gasteiger charge is -2.36. The fourth-order valence-electron chi connectivity index (χ4n) is 3.64. The lowest BCUT2D eigenvalue weighted by Crippen LogP contribution is -2.46. The van der Waals surface area contributed by atoms with E-state index >= 15 is 0 Å². The van der Waals surface area contributed by atoms with Gasteiger partial charge >= 0.3 is 5.97 Å². The SMILES string of the molecule is CCOC(=O)c1cnc2ccc(F)cc2c1N1CCN(Cc2n[nH]c(C)n2)CC1. The van der Waals surface area contributed by atoms with Gasteiger partial charge in [-0.25, -0.2) is 14.2 Å². The number of hydrogen-bond donors (Lipinski definition) is 1. The van der Waals surface area contributed by atoms with Crippen LogP contribution < -0.4 is 4.90 Å². The molecule has 0 saturated carbocycles. The molecular formula is C20H23FN6O2. The number of anilines is 1. The number of fused-ring (bicyclic) bond motifs is 1. The monoisotopic (exact) mass is 398 g/mol. The Kier molecular flexibility index (Phi) is 5.39. The highest BCUT2D eigenvalue weighted by atomic mass is 19.1. The molecule has 0 spiro atoms. The minimum absolute atomic E-state index is 0.267. The largest absolute Gasteiger partial charge is 0.462 e. The van der Waals surface area contributed by atoms with Crippen LogP contribution in [0.25, 0.3) is 10.9 Å². The van der Waals surface area contributed by atoms with Crippen LogP contribution in [-0.4, -0.2) is 63.8 Å². The maximum absolute atomic E-state index is 14.0. The number of rotatable bonds is 5. The highest BCUT2D eigenvalue weighted by Gasteiger charge is 2.25. The summed E-state index contributed by atoms with van der Waals surface area (Å²) in [5.74, 6) is 0.752. The highest BCUT2D eigenvalue weighted by Crippen LogP contribution is 2.31. The third kappa shape index (κ3) is 4.04. The molecule has 0 radical (unpaired) electrons. The molecule has 0 aliphatic carbocycles. The number of carbonyl (C=O) groups excluding carboxylic acids is 1. The maximum Gasteiger partial charge on any atom is 0.341 e. The van der Waals surface area contributed by atoms with Crippen molar-refractivity contribution in [3.63, 3.8) is 0 Å². The van der Waals surface area contributed by atoms with E-state index in [-0.39, 0.29) is 12.4 Å². The first-order valence-corrected chi connectivity index (χ1v) is 9.65. The first kappa shape index (κ1) is 19.3. The topological polar surface area (TPSA) is 87.2 Å². The second-order valence-corrected chi connectivity index (χ2v) is 7.00. The molecule has 0 unspecified atom stereocenters. The zero-order valence-corrected chi connectivity index (χ0v) is 16.5. The average Bonchev–Trinajstić information content (AvgIpc) is 3.12. The molecule has 3 heterocycles. The van der Waals surface area contributed by atoms with Crippen molar-refractivity contribution in [2.24, 2.45) is 0 Å². The number of hydrogen-bond acceptors (Lipinski definition) is 7. The number of nitrogens with zero attached hydrogens (tertiary/aromatic N) is 5. The lowest BCUT2D eigenvalue weighted by molar-refractivity contribution is 0.0526. The number of aromatic nitrogens is 4. The molecular weight excluding hydrogens is 375 g/mol. The summed E-state index contributed by atoms with van der Waals surface area (Å²) in [4.78, 5) is 25.6. The second kappa shape index (κ2) is 8.12. The van der Waals surface area contributed by atoms with Crippen molar-refractivity contribution >= 4 is 22.6 Å². The van der Waals surface area contributed by atoms with E-state index in [1.807, 2.05) is 6.92 Å². The van der Waals surface area contributed by atoms with E-state index in [0.29, 0.717) is 41.8 Å². The van der Waals surface area contributed by atoms with Gasteiger partial charge in [0.25, 0.3) is 0 Å². The Morgan fingerprint density at radius 3 is 2.76 bits per heavy atom. The highest BCUT2D eigenvalue weighted by molar-refractivity contribution is 6.05. The molecule has 9 heteroatoms. The van der Waals surface area contributed by atoms with Crippen molar-refractivity contribution < 1.29 is 13.9 Å². The van der Waals surface area contributed by atoms with Gasteiger partial charge in [-0.3, -0.25) is 15.0 Å². The van der Waals surface area contributed by atoms with E-state index in [2.05, 4.69) is 30.0 Å². The van der Waals surface area contributed by atoms with Gasteiger partial charge in [0.2, 0.25) is 0 Å². The smallest absolute Gasteiger partial charge is 0.341 e. The molecule has 29 heavy (non-hydrogen) atoms. The quantitative estimate of drug-likeness (QED) is 0.660. The number of halogens is 1. The van der Waals surface area contributed by atoms with Crippen LogP contribution in [-0.2, 0) is 11.3 Å². The summed E-state index contributed by atoms with van der Waals surface area (Å²) in [6.07, 6.45) is 1.52. The minimum atomic E-state index is -0.445. The predicted octanol–water partition coefficient (Wildman–Crippen LogP) is 2.30. The van der Waals surface area contributed by atoms with Crippen molar-refractivity contribution in [1.82, 2.24) is 25.1 Å². The number of pyridine rings is 1. The number of H-pyrrole nitrogens is 1. The van der Waals surface area contributed by atoms with Gasteiger partial charge in [-0.2, -0.15) is 5.10 Å². The third-order valence-corrected chi connectivity index (χ3v) is 4.99. The predicted molar refractivity (Wildman–Crippen MR) is 106 cm³/mol. The number of aryl methyl sites for hydroxylation is 1. The van der Waals surface area contributed by atoms with E-state index in [9.17, 15) is 9.18 Å². The van der Waals surface area contributed by atoms with Gasteiger partial charge in [-0.05, 0) is 32.0 Å². The van der Waals surface area contributed by atoms with Crippen LogP contribution in [0.5, 0.6) is 0 Å². The average molecular weight is 398 g/mol. The van der Waals surface area contributed by atoms with Crippen LogP contribution in [0.1, 0.15) is 28.9 Å². The number of nitrogens with one attached hydrogen (secondary N) is 1. The zero-order valence-electron chi connectivity index (χ0n) is 16.5. The molecule has 3 aromatic rings. The van der Waals surface area contributed by atoms with Crippen molar-refractivity contribution in [1.29, 1.82) is 0 Å². The Labute approximate surface area is 167 Å². The van der Waals surface area contributed by atoms with Crippen molar-refractivity contribution in [2.45, 2.75) is 20.4 Å². The Morgan fingerprint density at radius 1 is 1.28 bits per heavy atom. The van der Waals surface area contributed by atoms with Crippen LogP contribution in [0.2, 0.25) is 0 Å². The van der Waals surface area contributed by atoms with Crippen LogP contribution in [0.3, 0.4) is 0 Å². The Bertz CT molecular complexity index is 1030. The molecule has 1 fully saturated rings. The molecule has 1 saturated heterocycles. The number of esters is 1. The molecule has 0 amide bonds. The summed E-state index contributed by atoms with van der Waals surface area (Å²) in [5, 5.41) is 7.67. The van der Waals surface area contributed by atoms with E-state index < -0.39 is 5.97 Å². The molecule has 1 aliphatic rings. The Hall–Kier alpha value is -3.07. The van der Waals surface area contributed by atoms with Crippen molar-refractivity contribution in [3.05, 3.63) is 47.4 Å². The van der Waals surface area contributed by atoms with Gasteiger partial charge in [-0.15, -0.1) is 0 Å². The molecule has 0 atom stereocenters. The van der Waals surface area contributed by atoms with Crippen LogP contribution in [0, 0.1) is 12.7 Å². The summed E-state index contributed by atoms with van der Waals surface area (Å²) in [7, 11) is 0. The summed E-state index contributed by atoms with van der Waals surface area (Å²) in [6, 6.07) is 4.44. The van der Waals surface area contributed by atoms with Gasteiger partial charge in [0.15, 0.2) is 5.82 Å². The van der Waals surface area contributed by atoms with Gasteiger partial charge in [0.05, 0.1) is 24.4 Å². The van der Waals surface area contributed by atoms with Crippen molar-refractivity contribution in [2.75, 3.05) is 37.7 Å². The van der Waals surface area contributed by atoms with E-state index in [0.717, 1.165) is 24.7 Å². The summed E-state index contributed by atoms with van der Waals surface area (Å²) >= 11 is 0. The fraction of sp³-hybridized carbons (Fsp3) is 0.400. The number of ether oxygens (including phenoxy) is 1. The molecule has 1 N–H and O–H groups in total. The number of benzene rings is 1. The molecule has 1 aliphatic heterocycles. The Balaban J connectivity index is 1.61. The second-order valence-electron chi connectivity index (χ2n) is 7.00. The zero-order chi connectivity index (χ0) is 20.4. The van der Waals surface area contributed by atoms with Gasteiger partial charge in [0, 0.05) is 37.8 Å². The van der Waals surface area contributed by atoms with Crippen LogP contribution in [0.15, 0.2) is 24.4 Å². The lowest BCUT2D eigenvalue weighted by atomic mass is 10.1. The minimum Gasteiger partial charge on any atom is -0.462 e. The third-order valence-electron chi connectivity index (χ3n) is 4.99. The molecule has 2 aromatic heterocycles. The molecule has 0 bridgehead atoms. The fourth-order valence-corrected chi connectivity index (χ4v) is 3.64. The van der Waals surface area contributed by atoms with Gasteiger partial charge in [0.1, 0.15) is 17.2 Å². The molecule has 152 valence electrons. The molecule has 4 rings (SSSR count). The Morgan fingerprint density at radius 2 is 2.07 bits per heavy atom. The van der Waals surface area contributed by atoms with Crippen LogP contribution >= 0.6 is 0 Å². The summed E-state index contributed by atoms with van der Waals surface area (Å²) < 4.78 is 19.2. The summed E-state index contributed by atoms with van der Waals surface area (Å²) in [5.41, 5.74) is 1.69. The van der Waals surface area contributed by atoms with Crippen LogP contribution in [0.4, 0.5) is 10.1 Å². The molecule has 1 aromatic carbocycles.